The number of carbonyl (C=O) groups is 1. The number of thiazole rings is 2. The molecule has 154 valence electrons. The lowest BCUT2D eigenvalue weighted by Gasteiger charge is -2.23. The van der Waals surface area contributed by atoms with Gasteiger partial charge < -0.3 is 5.11 Å². The molecule has 1 aromatic carbocycles. The molecule has 1 aliphatic carbocycles. The number of hydrogen-bond acceptors (Lipinski definition) is 6. The zero-order valence-electron chi connectivity index (χ0n) is 16.3. The number of halogens is 1. The third-order valence-electron chi connectivity index (χ3n) is 5.46. The number of aromatic hydroxyl groups is 1. The molecule has 3 aromatic rings. The first-order chi connectivity index (χ1) is 14.5. The Morgan fingerprint density at radius 2 is 2.07 bits per heavy atom. The maximum Gasteiger partial charge on any atom is 0.279 e. The van der Waals surface area contributed by atoms with Gasteiger partial charge in [0.1, 0.15) is 10.7 Å². The maximum absolute atomic E-state index is 13.9. The Hall–Kier alpha value is -2.65. The van der Waals surface area contributed by atoms with Gasteiger partial charge in [-0.25, -0.2) is 14.4 Å². The Morgan fingerprint density at radius 1 is 1.27 bits per heavy atom. The van der Waals surface area contributed by atoms with Crippen molar-refractivity contribution < 1.29 is 14.3 Å². The number of rotatable bonds is 3. The largest absolute Gasteiger partial charge is 0.493 e. The average Bonchev–Trinajstić information content (AvgIpc) is 3.37. The van der Waals surface area contributed by atoms with Crippen LogP contribution in [-0.2, 0) is 4.79 Å². The molecule has 1 aliphatic heterocycles. The molecule has 2 aromatic heterocycles. The van der Waals surface area contributed by atoms with Crippen LogP contribution in [0.25, 0.3) is 5.57 Å². The lowest BCUT2D eigenvalue weighted by Crippen LogP contribution is -2.23. The summed E-state index contributed by atoms with van der Waals surface area (Å²) in [5.41, 5.74) is 1.11. The molecule has 0 spiro atoms. The van der Waals surface area contributed by atoms with Crippen molar-refractivity contribution in [3.63, 3.8) is 0 Å². The average molecular weight is 443 g/mol. The predicted molar refractivity (Wildman–Crippen MR) is 113 cm³/mol. The Morgan fingerprint density at radius 3 is 2.80 bits per heavy atom. The summed E-state index contributed by atoms with van der Waals surface area (Å²) in [7, 11) is 0. The summed E-state index contributed by atoms with van der Waals surface area (Å²) in [4.78, 5) is 26.8. The van der Waals surface area contributed by atoms with Crippen molar-refractivity contribution >= 4 is 39.3 Å². The maximum atomic E-state index is 13.9. The molecule has 1 fully saturated rings. The van der Waals surface area contributed by atoms with Crippen LogP contribution in [0.5, 0.6) is 5.88 Å². The van der Waals surface area contributed by atoms with E-state index in [0.717, 1.165) is 31.4 Å². The Kier molecular flexibility index (Phi) is 4.86. The fourth-order valence-corrected chi connectivity index (χ4v) is 5.93. The summed E-state index contributed by atoms with van der Waals surface area (Å²) < 4.78 is 15.7. The summed E-state index contributed by atoms with van der Waals surface area (Å²) in [6, 6.07) is 4.16. The van der Waals surface area contributed by atoms with Gasteiger partial charge in [-0.1, -0.05) is 30.6 Å². The summed E-state index contributed by atoms with van der Waals surface area (Å²) in [5.74, 6) is -0.926. The molecular weight excluding hydrogens is 423 g/mol. The molecule has 0 unspecified atom stereocenters. The number of aromatic nitrogens is 2. The molecule has 0 bridgehead atoms. The van der Waals surface area contributed by atoms with Crippen LogP contribution in [0.15, 0.2) is 33.6 Å². The van der Waals surface area contributed by atoms with Crippen LogP contribution in [0.2, 0.25) is 0 Å². The number of hydrogen-bond donors (Lipinski definition) is 1. The standard InChI is InChI=1S/C21H19FN4O2S2/c1-11-10-29-20(23-11)25-21-26(13-5-3-2-4-6-13)19(28)17(30-21)16-14-9-12(22)7-8-15(14)24-18(16)27/h7-10,13,28H,2-6H2,1H3/b25-21+. The molecule has 30 heavy (non-hydrogen) atoms. The van der Waals surface area contributed by atoms with Crippen LogP contribution in [0.4, 0.5) is 9.52 Å². The molecule has 3 heterocycles. The van der Waals surface area contributed by atoms with E-state index in [-0.39, 0.29) is 17.5 Å². The normalized spacial score (nSPS) is 17.5. The molecule has 2 aliphatic rings. The molecule has 1 N–H and O–H groups in total. The molecule has 5 rings (SSSR count). The summed E-state index contributed by atoms with van der Waals surface area (Å²) >= 11 is 2.66. The van der Waals surface area contributed by atoms with E-state index in [9.17, 15) is 14.3 Å². The molecule has 0 atom stereocenters. The molecule has 0 saturated heterocycles. The van der Waals surface area contributed by atoms with E-state index >= 15 is 0 Å². The molecule has 1 amide bonds. The van der Waals surface area contributed by atoms with Crippen LogP contribution >= 0.6 is 22.7 Å². The molecule has 1 saturated carbocycles. The topological polar surface area (TPSA) is 79.8 Å². The minimum absolute atomic E-state index is 0.00501. The number of aryl methyl sites for hydroxylation is 1. The second kappa shape index (κ2) is 7.55. The van der Waals surface area contributed by atoms with Crippen molar-refractivity contribution in [1.82, 2.24) is 9.55 Å². The summed E-state index contributed by atoms with van der Waals surface area (Å²) in [5, 5.41) is 14.6. The van der Waals surface area contributed by atoms with Crippen LogP contribution in [0.3, 0.4) is 0 Å². The quantitative estimate of drug-likeness (QED) is 0.676. The van der Waals surface area contributed by atoms with Crippen molar-refractivity contribution in [2.75, 3.05) is 0 Å². The Labute approximate surface area is 179 Å². The molecule has 6 nitrogen and oxygen atoms in total. The fourth-order valence-electron chi connectivity index (χ4n) is 4.07. The zero-order chi connectivity index (χ0) is 20.8. The lowest BCUT2D eigenvalue weighted by atomic mass is 9.95. The van der Waals surface area contributed by atoms with Gasteiger partial charge in [-0.15, -0.1) is 11.3 Å². The van der Waals surface area contributed by atoms with Gasteiger partial charge >= 0.3 is 0 Å². The molecule has 0 radical (unpaired) electrons. The summed E-state index contributed by atoms with van der Waals surface area (Å²) in [6.45, 7) is 1.90. The fraction of sp³-hybridized carbons (Fsp3) is 0.333. The highest BCUT2D eigenvalue weighted by Gasteiger charge is 2.29. The van der Waals surface area contributed by atoms with Gasteiger partial charge in [-0.05, 0) is 38.0 Å². The summed E-state index contributed by atoms with van der Waals surface area (Å²) in [6.07, 6.45) is 5.21. The highest BCUT2D eigenvalue weighted by atomic mass is 32.1. The van der Waals surface area contributed by atoms with E-state index in [1.807, 2.05) is 16.9 Å². The zero-order valence-corrected chi connectivity index (χ0v) is 17.9. The van der Waals surface area contributed by atoms with Crippen molar-refractivity contribution in [2.45, 2.75) is 45.1 Å². The third kappa shape index (κ3) is 3.31. The number of carbonyl (C=O) groups excluding carboxylic acids is 1. The minimum Gasteiger partial charge on any atom is -0.493 e. The monoisotopic (exact) mass is 442 g/mol. The predicted octanol–water partition coefficient (Wildman–Crippen LogP) is 3.26. The van der Waals surface area contributed by atoms with Crippen LogP contribution < -0.4 is 15.4 Å². The number of benzene rings is 1. The Bertz CT molecular complexity index is 1350. The first kappa shape index (κ1) is 19.3. The van der Waals surface area contributed by atoms with Crippen molar-refractivity contribution in [3.05, 3.63) is 55.3 Å². The smallest absolute Gasteiger partial charge is 0.279 e. The van der Waals surface area contributed by atoms with Crippen LogP contribution in [0, 0.1) is 12.7 Å². The highest BCUT2D eigenvalue weighted by molar-refractivity contribution is 7.13. The number of nitrogens with zero attached hydrogens (tertiary/aromatic N) is 4. The van der Waals surface area contributed by atoms with E-state index in [1.54, 1.807) is 0 Å². The lowest BCUT2D eigenvalue weighted by molar-refractivity contribution is -0.112. The van der Waals surface area contributed by atoms with E-state index in [0.29, 0.717) is 25.4 Å². The van der Waals surface area contributed by atoms with Crippen LogP contribution in [0.1, 0.15) is 48.7 Å². The van der Waals surface area contributed by atoms with Crippen molar-refractivity contribution in [3.8, 4) is 5.88 Å². The van der Waals surface area contributed by atoms with E-state index < -0.39 is 11.7 Å². The third-order valence-corrected chi connectivity index (χ3v) is 7.37. The van der Waals surface area contributed by atoms with Gasteiger partial charge in [0.15, 0.2) is 4.80 Å². The van der Waals surface area contributed by atoms with Crippen LogP contribution in [-0.4, -0.2) is 20.6 Å². The highest BCUT2D eigenvalue weighted by Crippen LogP contribution is 2.36. The van der Waals surface area contributed by atoms with Gasteiger partial charge in [-0.3, -0.25) is 9.36 Å². The van der Waals surface area contributed by atoms with Crippen molar-refractivity contribution in [2.24, 2.45) is 9.98 Å². The molecule has 9 heteroatoms. The first-order valence-electron chi connectivity index (χ1n) is 9.86. The van der Waals surface area contributed by atoms with Gasteiger partial charge in [0.05, 0.1) is 16.6 Å². The number of fused-ring (bicyclic) bond motifs is 1. The minimum atomic E-state index is -0.473. The van der Waals surface area contributed by atoms with E-state index in [1.165, 1.54) is 47.3 Å². The number of amides is 1. The van der Waals surface area contributed by atoms with Crippen molar-refractivity contribution in [1.29, 1.82) is 0 Å². The van der Waals surface area contributed by atoms with Gasteiger partial charge in [0.25, 0.3) is 5.91 Å². The molecular formula is C21H19FN4O2S2. The Balaban J connectivity index is 1.77. The van der Waals surface area contributed by atoms with Gasteiger partial charge in [0.2, 0.25) is 11.0 Å². The second-order valence-corrected chi connectivity index (χ2v) is 9.35. The second-order valence-electron chi connectivity index (χ2n) is 7.54. The van der Waals surface area contributed by atoms with Gasteiger partial charge in [-0.2, -0.15) is 4.99 Å². The van der Waals surface area contributed by atoms with E-state index in [2.05, 4.69) is 15.0 Å². The van der Waals surface area contributed by atoms with Gasteiger partial charge in [0, 0.05) is 16.6 Å². The SMILES string of the molecule is Cc1csc(/N=c2/sc(C3=c4cc(F)ccc4=NC3=O)c(O)n2C2CCCCC2)n1. The van der Waals surface area contributed by atoms with E-state index in [4.69, 9.17) is 0 Å². The first-order valence-corrected chi connectivity index (χ1v) is 11.6.